The van der Waals surface area contributed by atoms with E-state index in [1.165, 1.54) is 21.9 Å². The van der Waals surface area contributed by atoms with Gasteiger partial charge < -0.3 is 14.9 Å². The SMILES string of the molecule is O=C(O)C1CCCN(C(=O)C2CCCN2C(=O)c2ccc([N+](=O)[O-])s2)C1. The summed E-state index contributed by atoms with van der Waals surface area (Å²) >= 11 is 0.797. The Kier molecular flexibility index (Phi) is 5.21. The molecule has 0 bridgehead atoms. The summed E-state index contributed by atoms with van der Waals surface area (Å²) in [5, 5.41) is 19.9. The fraction of sp³-hybridized carbons (Fsp3) is 0.562. The quantitative estimate of drug-likeness (QED) is 0.624. The van der Waals surface area contributed by atoms with Crippen LogP contribution in [0.3, 0.4) is 0 Å². The Bertz CT molecular complexity index is 748. The average molecular weight is 381 g/mol. The van der Waals surface area contributed by atoms with E-state index in [4.69, 9.17) is 0 Å². The second kappa shape index (κ2) is 7.40. The molecule has 2 fully saturated rings. The zero-order chi connectivity index (χ0) is 18.8. The number of carbonyl (C=O) groups excluding carboxylic acids is 2. The minimum absolute atomic E-state index is 0.115. The van der Waals surface area contributed by atoms with Gasteiger partial charge >= 0.3 is 11.0 Å². The average Bonchev–Trinajstić information content (AvgIpc) is 3.30. The molecule has 2 saturated heterocycles. The van der Waals surface area contributed by atoms with E-state index in [1.807, 2.05) is 0 Å². The number of hydrogen-bond acceptors (Lipinski definition) is 6. The van der Waals surface area contributed by atoms with Crippen molar-refractivity contribution in [2.75, 3.05) is 19.6 Å². The summed E-state index contributed by atoms with van der Waals surface area (Å²) in [6.07, 6.45) is 2.36. The van der Waals surface area contributed by atoms with Gasteiger partial charge in [0.25, 0.3) is 5.91 Å². The number of amides is 2. The lowest BCUT2D eigenvalue weighted by Gasteiger charge is -2.34. The molecule has 0 radical (unpaired) electrons. The monoisotopic (exact) mass is 381 g/mol. The van der Waals surface area contributed by atoms with Gasteiger partial charge in [-0.25, -0.2) is 0 Å². The highest BCUT2D eigenvalue weighted by Crippen LogP contribution is 2.29. The van der Waals surface area contributed by atoms with Gasteiger partial charge in [-0.1, -0.05) is 11.3 Å². The molecule has 9 nitrogen and oxygen atoms in total. The van der Waals surface area contributed by atoms with Crippen molar-refractivity contribution < 1.29 is 24.4 Å². The van der Waals surface area contributed by atoms with Gasteiger partial charge in [-0.2, -0.15) is 0 Å². The fourth-order valence-electron chi connectivity index (χ4n) is 3.54. The van der Waals surface area contributed by atoms with Crippen molar-refractivity contribution in [1.82, 2.24) is 9.80 Å². The number of thiophene rings is 1. The van der Waals surface area contributed by atoms with Gasteiger partial charge in [-0.15, -0.1) is 0 Å². The molecule has 26 heavy (non-hydrogen) atoms. The Morgan fingerprint density at radius 2 is 1.92 bits per heavy atom. The van der Waals surface area contributed by atoms with Crippen LogP contribution < -0.4 is 0 Å². The summed E-state index contributed by atoms with van der Waals surface area (Å²) in [5.74, 6) is -2.09. The third kappa shape index (κ3) is 3.55. The summed E-state index contributed by atoms with van der Waals surface area (Å²) in [7, 11) is 0. The van der Waals surface area contributed by atoms with Gasteiger partial charge in [0, 0.05) is 25.7 Å². The second-order valence-electron chi connectivity index (χ2n) is 6.51. The van der Waals surface area contributed by atoms with E-state index >= 15 is 0 Å². The van der Waals surface area contributed by atoms with E-state index in [-0.39, 0.29) is 28.2 Å². The number of aliphatic carboxylic acids is 1. The number of nitrogens with zero attached hydrogens (tertiary/aromatic N) is 3. The molecule has 1 aromatic rings. The zero-order valence-electron chi connectivity index (χ0n) is 14.0. The molecular weight excluding hydrogens is 362 g/mol. The van der Waals surface area contributed by atoms with Crippen LogP contribution in [0.1, 0.15) is 35.4 Å². The maximum Gasteiger partial charge on any atom is 0.324 e. The van der Waals surface area contributed by atoms with Crippen molar-refractivity contribution in [2.45, 2.75) is 31.7 Å². The molecule has 0 saturated carbocycles. The smallest absolute Gasteiger partial charge is 0.324 e. The summed E-state index contributed by atoms with van der Waals surface area (Å²) < 4.78 is 0. The van der Waals surface area contributed by atoms with Crippen molar-refractivity contribution >= 4 is 34.1 Å². The number of carboxylic acids is 1. The van der Waals surface area contributed by atoms with Gasteiger partial charge in [0.1, 0.15) is 6.04 Å². The zero-order valence-corrected chi connectivity index (χ0v) is 14.8. The second-order valence-corrected chi connectivity index (χ2v) is 7.58. The molecule has 10 heteroatoms. The summed E-state index contributed by atoms with van der Waals surface area (Å²) in [6, 6.07) is 2.07. The Morgan fingerprint density at radius 3 is 2.58 bits per heavy atom. The van der Waals surface area contributed by atoms with Crippen LogP contribution >= 0.6 is 11.3 Å². The first-order valence-corrected chi connectivity index (χ1v) is 9.27. The molecule has 140 valence electrons. The number of carboxylic acid groups (broad SMARTS) is 1. The minimum Gasteiger partial charge on any atom is -0.481 e. The first-order valence-electron chi connectivity index (χ1n) is 8.45. The predicted octanol–water partition coefficient (Wildman–Crippen LogP) is 1.58. The van der Waals surface area contributed by atoms with Gasteiger partial charge in [0.05, 0.1) is 15.7 Å². The normalized spacial score (nSPS) is 23.1. The van der Waals surface area contributed by atoms with Crippen LogP contribution in [-0.2, 0) is 9.59 Å². The number of carbonyl (C=O) groups is 3. The molecule has 3 heterocycles. The molecule has 1 aromatic heterocycles. The minimum atomic E-state index is -0.909. The van der Waals surface area contributed by atoms with E-state index in [1.54, 1.807) is 0 Å². The van der Waals surface area contributed by atoms with Gasteiger partial charge in [0.2, 0.25) is 5.91 Å². The summed E-state index contributed by atoms with van der Waals surface area (Å²) in [4.78, 5) is 50.3. The number of hydrogen-bond donors (Lipinski definition) is 1. The lowest BCUT2D eigenvalue weighted by Crippen LogP contribution is -2.51. The van der Waals surface area contributed by atoms with Gasteiger partial charge in [-0.3, -0.25) is 24.5 Å². The molecule has 2 aliphatic rings. The number of likely N-dealkylation sites (tertiary alicyclic amines) is 2. The van der Waals surface area contributed by atoms with Gasteiger partial charge in [0.15, 0.2) is 0 Å². The maximum absolute atomic E-state index is 12.9. The topological polar surface area (TPSA) is 121 Å². The molecule has 3 rings (SSSR count). The van der Waals surface area contributed by atoms with Crippen molar-refractivity contribution in [1.29, 1.82) is 0 Å². The van der Waals surface area contributed by atoms with Crippen molar-refractivity contribution in [3.8, 4) is 0 Å². The highest BCUT2D eigenvalue weighted by molar-refractivity contribution is 7.17. The highest BCUT2D eigenvalue weighted by atomic mass is 32.1. The lowest BCUT2D eigenvalue weighted by atomic mass is 9.97. The molecule has 2 amide bonds. The van der Waals surface area contributed by atoms with Crippen LogP contribution in [-0.4, -0.2) is 63.3 Å². The van der Waals surface area contributed by atoms with Crippen LogP contribution in [0.15, 0.2) is 12.1 Å². The molecule has 0 aromatic carbocycles. The van der Waals surface area contributed by atoms with Crippen LogP contribution in [0.2, 0.25) is 0 Å². The lowest BCUT2D eigenvalue weighted by molar-refractivity contribution is -0.380. The van der Waals surface area contributed by atoms with E-state index in [0.29, 0.717) is 38.8 Å². The number of nitro groups is 1. The first-order chi connectivity index (χ1) is 12.4. The van der Waals surface area contributed by atoms with Crippen molar-refractivity contribution in [3.63, 3.8) is 0 Å². The van der Waals surface area contributed by atoms with Crippen LogP contribution in [0.5, 0.6) is 0 Å². The molecule has 2 atom stereocenters. The number of rotatable bonds is 4. The predicted molar refractivity (Wildman–Crippen MR) is 92.0 cm³/mol. The Hall–Kier alpha value is -2.49. The first kappa shape index (κ1) is 18.3. The van der Waals surface area contributed by atoms with Gasteiger partial charge in [-0.05, 0) is 31.7 Å². The van der Waals surface area contributed by atoms with Crippen LogP contribution in [0, 0.1) is 16.0 Å². The number of piperidine rings is 1. The van der Waals surface area contributed by atoms with E-state index in [2.05, 4.69) is 0 Å². The van der Waals surface area contributed by atoms with E-state index in [9.17, 15) is 29.6 Å². The summed E-state index contributed by atoms with van der Waals surface area (Å²) in [5.41, 5.74) is 0. The molecular formula is C16H19N3O6S. The molecule has 0 spiro atoms. The fourth-order valence-corrected chi connectivity index (χ4v) is 4.32. The van der Waals surface area contributed by atoms with Crippen molar-refractivity contribution in [2.24, 2.45) is 5.92 Å². The van der Waals surface area contributed by atoms with Crippen LogP contribution in [0.25, 0.3) is 0 Å². The van der Waals surface area contributed by atoms with Crippen LogP contribution in [0.4, 0.5) is 5.00 Å². The Balaban J connectivity index is 1.72. The molecule has 2 unspecified atom stereocenters. The van der Waals surface area contributed by atoms with E-state index < -0.39 is 22.9 Å². The van der Waals surface area contributed by atoms with Crippen molar-refractivity contribution in [3.05, 3.63) is 27.1 Å². The maximum atomic E-state index is 12.9. The molecule has 0 aliphatic carbocycles. The third-order valence-corrected chi connectivity index (χ3v) is 5.89. The Morgan fingerprint density at radius 1 is 1.19 bits per heavy atom. The summed E-state index contributed by atoms with van der Waals surface area (Å²) in [6.45, 7) is 1.07. The van der Waals surface area contributed by atoms with E-state index in [0.717, 1.165) is 11.3 Å². The highest BCUT2D eigenvalue weighted by Gasteiger charge is 2.39. The third-order valence-electron chi connectivity index (χ3n) is 4.86. The largest absolute Gasteiger partial charge is 0.481 e. The molecule has 2 aliphatic heterocycles. The standard InChI is InChI=1S/C16H19N3O6S/c20-14(17-7-1-3-10(9-17)16(22)23)11-4-2-8-18(11)15(21)12-5-6-13(26-12)19(24)25/h5-6,10-11H,1-4,7-9H2,(H,22,23). The Labute approximate surface area is 153 Å². The molecule has 1 N–H and O–H groups in total.